The number of hydrogen-bond donors (Lipinski definition) is 1. The monoisotopic (exact) mass is 264 g/mol. The molecule has 1 fully saturated rings. The van der Waals surface area contributed by atoms with Gasteiger partial charge in [-0.05, 0) is 17.7 Å². The molecule has 0 spiro atoms. The van der Waals surface area contributed by atoms with Crippen molar-refractivity contribution in [1.29, 1.82) is 0 Å². The largest absolute Gasteiger partial charge is 0.361 e. The lowest BCUT2D eigenvalue weighted by Crippen LogP contribution is -2.31. The smallest absolute Gasteiger partial charge is 0.157 e. The first-order valence-corrected chi connectivity index (χ1v) is 8.16. The third-order valence-electron chi connectivity index (χ3n) is 3.09. The van der Waals surface area contributed by atoms with Gasteiger partial charge in [0.05, 0.1) is 6.04 Å². The van der Waals surface area contributed by atoms with Crippen molar-refractivity contribution in [3.8, 4) is 0 Å². The predicted octanol–water partition coefficient (Wildman–Crippen LogP) is 2.93. The average molecular weight is 264 g/mol. The summed E-state index contributed by atoms with van der Waals surface area (Å²) in [7, 11) is 0. The van der Waals surface area contributed by atoms with Gasteiger partial charge in [-0.15, -0.1) is 0 Å². The SMILES string of the molecule is c1ccc(C2CSC(NC3CCSC3)=N2)cc1. The summed E-state index contributed by atoms with van der Waals surface area (Å²) in [5, 5.41) is 4.71. The van der Waals surface area contributed by atoms with Crippen molar-refractivity contribution in [3.63, 3.8) is 0 Å². The summed E-state index contributed by atoms with van der Waals surface area (Å²) in [6.07, 6.45) is 1.28. The number of benzene rings is 1. The molecule has 0 saturated carbocycles. The van der Waals surface area contributed by atoms with Gasteiger partial charge in [-0.1, -0.05) is 42.1 Å². The second-order valence-corrected chi connectivity index (χ2v) is 6.54. The van der Waals surface area contributed by atoms with Crippen molar-refractivity contribution < 1.29 is 0 Å². The summed E-state index contributed by atoms with van der Waals surface area (Å²) in [5.74, 6) is 3.60. The molecule has 0 radical (unpaired) electrons. The second-order valence-electron chi connectivity index (χ2n) is 4.38. The van der Waals surface area contributed by atoms with E-state index < -0.39 is 0 Å². The molecule has 2 atom stereocenters. The molecular formula is C13H16N2S2. The number of amidine groups is 1. The number of rotatable bonds is 2. The molecule has 2 nitrogen and oxygen atoms in total. The zero-order chi connectivity index (χ0) is 11.5. The van der Waals surface area contributed by atoms with E-state index in [-0.39, 0.29) is 0 Å². The number of thioether (sulfide) groups is 2. The van der Waals surface area contributed by atoms with Crippen LogP contribution in [0.3, 0.4) is 0 Å². The Labute approximate surface area is 111 Å². The highest BCUT2D eigenvalue weighted by Gasteiger charge is 2.23. The van der Waals surface area contributed by atoms with E-state index in [1.807, 2.05) is 23.5 Å². The third-order valence-corrected chi connectivity index (χ3v) is 5.23. The van der Waals surface area contributed by atoms with Gasteiger partial charge in [0.25, 0.3) is 0 Å². The Bertz CT molecular complexity index is 399. The molecule has 2 aliphatic heterocycles. The molecule has 3 rings (SSSR count). The maximum atomic E-state index is 4.78. The van der Waals surface area contributed by atoms with Crippen LogP contribution in [0, 0.1) is 0 Å². The highest BCUT2D eigenvalue weighted by atomic mass is 32.2. The molecular weight excluding hydrogens is 248 g/mol. The Morgan fingerprint density at radius 2 is 2.06 bits per heavy atom. The van der Waals surface area contributed by atoms with Crippen molar-refractivity contribution in [3.05, 3.63) is 35.9 Å². The summed E-state index contributed by atoms with van der Waals surface area (Å²) >= 11 is 3.90. The van der Waals surface area contributed by atoms with Crippen LogP contribution in [0.25, 0.3) is 0 Å². The summed E-state index contributed by atoms with van der Waals surface area (Å²) in [6, 6.07) is 11.6. The Morgan fingerprint density at radius 1 is 1.18 bits per heavy atom. The lowest BCUT2D eigenvalue weighted by Gasteiger charge is -2.10. The summed E-state index contributed by atoms with van der Waals surface area (Å²) in [4.78, 5) is 4.78. The maximum Gasteiger partial charge on any atom is 0.157 e. The lowest BCUT2D eigenvalue weighted by atomic mass is 10.1. The normalized spacial score (nSPS) is 28.1. The van der Waals surface area contributed by atoms with Gasteiger partial charge in [-0.3, -0.25) is 4.99 Å². The second kappa shape index (κ2) is 5.36. The average Bonchev–Trinajstić information content (AvgIpc) is 3.02. The molecule has 0 aromatic heterocycles. The lowest BCUT2D eigenvalue weighted by molar-refractivity contribution is 0.680. The molecule has 1 saturated heterocycles. The van der Waals surface area contributed by atoms with E-state index in [0.29, 0.717) is 12.1 Å². The van der Waals surface area contributed by atoms with E-state index in [2.05, 4.69) is 35.6 Å². The van der Waals surface area contributed by atoms with Gasteiger partial charge in [0.15, 0.2) is 5.17 Å². The minimum atomic E-state index is 0.345. The number of nitrogens with one attached hydrogen (secondary N) is 1. The molecule has 0 bridgehead atoms. The van der Waals surface area contributed by atoms with E-state index in [1.165, 1.54) is 23.5 Å². The van der Waals surface area contributed by atoms with Crippen LogP contribution in [0.4, 0.5) is 0 Å². The van der Waals surface area contributed by atoms with Crippen LogP contribution in [0.2, 0.25) is 0 Å². The molecule has 17 heavy (non-hydrogen) atoms. The van der Waals surface area contributed by atoms with Gasteiger partial charge < -0.3 is 5.32 Å². The van der Waals surface area contributed by atoms with E-state index >= 15 is 0 Å². The summed E-state index contributed by atoms with van der Waals surface area (Å²) in [6.45, 7) is 0. The highest BCUT2D eigenvalue weighted by molar-refractivity contribution is 8.14. The van der Waals surface area contributed by atoms with E-state index in [4.69, 9.17) is 4.99 Å². The molecule has 2 unspecified atom stereocenters. The molecule has 4 heteroatoms. The number of aliphatic imine (C=N–C) groups is 1. The van der Waals surface area contributed by atoms with E-state index in [0.717, 1.165) is 10.9 Å². The topological polar surface area (TPSA) is 24.4 Å². The highest BCUT2D eigenvalue weighted by Crippen LogP contribution is 2.30. The van der Waals surface area contributed by atoms with Gasteiger partial charge in [0, 0.05) is 17.5 Å². The fourth-order valence-electron chi connectivity index (χ4n) is 2.12. The Morgan fingerprint density at radius 3 is 2.82 bits per heavy atom. The molecule has 2 heterocycles. The third kappa shape index (κ3) is 2.80. The first-order chi connectivity index (χ1) is 8.42. The quantitative estimate of drug-likeness (QED) is 0.889. The van der Waals surface area contributed by atoms with Crippen molar-refractivity contribution in [1.82, 2.24) is 5.32 Å². The first-order valence-electron chi connectivity index (χ1n) is 6.01. The van der Waals surface area contributed by atoms with Crippen LogP contribution in [0.15, 0.2) is 35.3 Å². The van der Waals surface area contributed by atoms with Gasteiger partial charge >= 0.3 is 0 Å². The Kier molecular flexibility index (Phi) is 3.62. The van der Waals surface area contributed by atoms with E-state index in [9.17, 15) is 0 Å². The van der Waals surface area contributed by atoms with Crippen molar-refractivity contribution in [2.45, 2.75) is 18.5 Å². The molecule has 1 aromatic carbocycles. The van der Waals surface area contributed by atoms with Crippen molar-refractivity contribution >= 4 is 28.7 Å². The molecule has 90 valence electrons. The zero-order valence-corrected chi connectivity index (χ0v) is 11.3. The summed E-state index contributed by atoms with van der Waals surface area (Å²) < 4.78 is 0. The maximum absolute atomic E-state index is 4.78. The molecule has 1 N–H and O–H groups in total. The van der Waals surface area contributed by atoms with Crippen LogP contribution in [0.5, 0.6) is 0 Å². The molecule has 2 aliphatic rings. The fraction of sp³-hybridized carbons (Fsp3) is 0.462. The first kappa shape index (κ1) is 11.5. The van der Waals surface area contributed by atoms with E-state index in [1.54, 1.807) is 0 Å². The van der Waals surface area contributed by atoms with Gasteiger partial charge in [0.1, 0.15) is 0 Å². The summed E-state index contributed by atoms with van der Waals surface area (Å²) in [5.41, 5.74) is 1.33. The minimum absolute atomic E-state index is 0.345. The Balaban J connectivity index is 1.64. The molecule has 1 aromatic rings. The molecule has 0 aliphatic carbocycles. The number of hydrogen-bond acceptors (Lipinski definition) is 4. The van der Waals surface area contributed by atoms with Crippen LogP contribution in [0.1, 0.15) is 18.0 Å². The standard InChI is InChI=1S/C13H16N2S2/c1-2-4-10(5-3-1)12-9-17-13(15-12)14-11-6-7-16-8-11/h1-5,11-12H,6-9H2,(H,14,15). The van der Waals surface area contributed by atoms with Crippen molar-refractivity contribution in [2.24, 2.45) is 4.99 Å². The molecule has 0 amide bonds. The van der Waals surface area contributed by atoms with Crippen LogP contribution in [-0.2, 0) is 0 Å². The van der Waals surface area contributed by atoms with Crippen LogP contribution < -0.4 is 5.32 Å². The van der Waals surface area contributed by atoms with Crippen molar-refractivity contribution in [2.75, 3.05) is 17.3 Å². The Hall–Kier alpha value is -0.610. The van der Waals surface area contributed by atoms with Crippen LogP contribution >= 0.6 is 23.5 Å². The predicted molar refractivity (Wildman–Crippen MR) is 77.9 cm³/mol. The van der Waals surface area contributed by atoms with Gasteiger partial charge in [0.2, 0.25) is 0 Å². The van der Waals surface area contributed by atoms with Gasteiger partial charge in [-0.2, -0.15) is 11.8 Å². The fourth-order valence-corrected chi connectivity index (χ4v) is 4.31. The van der Waals surface area contributed by atoms with Gasteiger partial charge in [-0.25, -0.2) is 0 Å². The minimum Gasteiger partial charge on any atom is -0.361 e. The zero-order valence-electron chi connectivity index (χ0n) is 9.63. The van der Waals surface area contributed by atoms with Crippen LogP contribution in [-0.4, -0.2) is 28.5 Å². The number of nitrogens with zero attached hydrogens (tertiary/aromatic N) is 1.